The minimum Gasteiger partial charge on any atom is -0.371 e. The van der Waals surface area contributed by atoms with Crippen molar-refractivity contribution in [3.05, 3.63) is 28.2 Å². The molecule has 0 aromatic heterocycles. The zero-order valence-corrected chi connectivity index (χ0v) is 15.2. The number of nitrogens with zero attached hydrogens (tertiary/aromatic N) is 1. The van der Waals surface area contributed by atoms with Gasteiger partial charge in [0.25, 0.3) is 0 Å². The first-order chi connectivity index (χ1) is 10.0. The predicted octanol–water partition coefficient (Wildman–Crippen LogP) is 4.75. The van der Waals surface area contributed by atoms with Gasteiger partial charge in [0.2, 0.25) is 0 Å². The van der Waals surface area contributed by atoms with Crippen molar-refractivity contribution in [3.8, 4) is 0 Å². The Balaban J connectivity index is 2.24. The van der Waals surface area contributed by atoms with Crippen LogP contribution in [-0.4, -0.2) is 19.1 Å². The Labute approximate surface area is 138 Å². The second-order valence-corrected chi connectivity index (χ2v) is 7.44. The van der Waals surface area contributed by atoms with E-state index >= 15 is 0 Å². The maximum absolute atomic E-state index is 6.19. The Morgan fingerprint density at radius 3 is 2.57 bits per heavy atom. The van der Waals surface area contributed by atoms with Crippen LogP contribution in [0.4, 0.5) is 5.69 Å². The van der Waals surface area contributed by atoms with Gasteiger partial charge in [0.05, 0.1) is 0 Å². The number of benzene rings is 1. The maximum atomic E-state index is 6.19. The molecule has 0 radical (unpaired) electrons. The summed E-state index contributed by atoms with van der Waals surface area (Å²) in [5.74, 6) is 0. The van der Waals surface area contributed by atoms with E-state index in [4.69, 9.17) is 5.73 Å². The first-order valence-electron chi connectivity index (χ1n) is 8.32. The van der Waals surface area contributed by atoms with Gasteiger partial charge < -0.3 is 10.6 Å². The van der Waals surface area contributed by atoms with Crippen LogP contribution < -0.4 is 10.6 Å². The molecule has 1 aromatic rings. The topological polar surface area (TPSA) is 29.3 Å². The average Bonchev–Trinajstić information content (AvgIpc) is 2.92. The van der Waals surface area contributed by atoms with Crippen LogP contribution in [0.25, 0.3) is 0 Å². The van der Waals surface area contributed by atoms with Crippen molar-refractivity contribution in [2.24, 2.45) is 11.1 Å². The van der Waals surface area contributed by atoms with Crippen LogP contribution in [-0.2, 0) is 6.42 Å². The van der Waals surface area contributed by atoms with Crippen LogP contribution in [0.2, 0.25) is 0 Å². The van der Waals surface area contributed by atoms with Gasteiger partial charge in [-0.2, -0.15) is 0 Å². The van der Waals surface area contributed by atoms with E-state index in [1.807, 2.05) is 0 Å². The fourth-order valence-corrected chi connectivity index (χ4v) is 3.83. The van der Waals surface area contributed by atoms with Crippen molar-refractivity contribution in [1.29, 1.82) is 0 Å². The normalized spacial score (nSPS) is 19.0. The van der Waals surface area contributed by atoms with E-state index in [-0.39, 0.29) is 6.04 Å². The van der Waals surface area contributed by atoms with Gasteiger partial charge in [0.1, 0.15) is 0 Å². The van der Waals surface area contributed by atoms with E-state index in [1.165, 1.54) is 43.6 Å². The Morgan fingerprint density at radius 1 is 1.29 bits per heavy atom. The second-order valence-electron chi connectivity index (χ2n) is 6.52. The summed E-state index contributed by atoms with van der Waals surface area (Å²) in [6.07, 6.45) is 5.86. The molecule has 1 saturated heterocycles. The number of halogens is 1. The summed E-state index contributed by atoms with van der Waals surface area (Å²) in [4.78, 5) is 2.58. The minimum atomic E-state index is 0.253. The lowest BCUT2D eigenvalue weighted by Crippen LogP contribution is -2.28. The summed E-state index contributed by atoms with van der Waals surface area (Å²) >= 11 is 3.61. The smallest absolute Gasteiger partial charge is 0.0400 e. The summed E-state index contributed by atoms with van der Waals surface area (Å²) in [6.45, 7) is 9.20. The van der Waals surface area contributed by atoms with Crippen LogP contribution >= 0.6 is 15.9 Å². The molecule has 118 valence electrons. The molecule has 0 amide bonds. The quantitative estimate of drug-likeness (QED) is 0.800. The molecular formula is C18H29BrN2. The molecule has 21 heavy (non-hydrogen) atoms. The van der Waals surface area contributed by atoms with Gasteiger partial charge in [-0.15, -0.1) is 0 Å². The highest BCUT2D eigenvalue weighted by Crippen LogP contribution is 2.40. The van der Waals surface area contributed by atoms with Gasteiger partial charge in [-0.3, -0.25) is 0 Å². The molecule has 1 fully saturated rings. The van der Waals surface area contributed by atoms with E-state index in [2.05, 4.69) is 59.8 Å². The molecular weight excluding hydrogens is 324 g/mol. The molecule has 3 heteroatoms. The Hall–Kier alpha value is -0.540. The van der Waals surface area contributed by atoms with Crippen molar-refractivity contribution in [1.82, 2.24) is 0 Å². The van der Waals surface area contributed by atoms with Gasteiger partial charge in [-0.25, -0.2) is 0 Å². The highest BCUT2D eigenvalue weighted by atomic mass is 79.9. The molecule has 1 aliphatic rings. The molecule has 2 nitrogen and oxygen atoms in total. The highest BCUT2D eigenvalue weighted by Gasteiger charge is 2.35. The Kier molecular flexibility index (Phi) is 5.73. The number of hydrogen-bond acceptors (Lipinski definition) is 2. The number of rotatable bonds is 6. The van der Waals surface area contributed by atoms with E-state index in [0.717, 1.165) is 17.3 Å². The predicted molar refractivity (Wildman–Crippen MR) is 96.0 cm³/mol. The summed E-state index contributed by atoms with van der Waals surface area (Å²) in [5.41, 5.74) is 9.49. The summed E-state index contributed by atoms with van der Waals surface area (Å²) in [6, 6.07) is 6.93. The molecule has 1 atom stereocenters. The van der Waals surface area contributed by atoms with Gasteiger partial charge in [-0.05, 0) is 61.3 Å². The molecule has 1 unspecified atom stereocenters. The largest absolute Gasteiger partial charge is 0.371 e. The van der Waals surface area contributed by atoms with Crippen molar-refractivity contribution in [2.75, 3.05) is 18.0 Å². The molecule has 0 bridgehead atoms. The lowest BCUT2D eigenvalue weighted by atomic mass is 9.82. The molecule has 0 saturated carbocycles. The molecule has 1 aliphatic heterocycles. The lowest BCUT2D eigenvalue weighted by molar-refractivity contribution is 0.301. The van der Waals surface area contributed by atoms with Gasteiger partial charge >= 0.3 is 0 Å². The van der Waals surface area contributed by atoms with E-state index in [0.29, 0.717) is 5.41 Å². The minimum absolute atomic E-state index is 0.253. The Morgan fingerprint density at radius 2 is 2.00 bits per heavy atom. The van der Waals surface area contributed by atoms with Crippen molar-refractivity contribution in [2.45, 2.75) is 58.9 Å². The van der Waals surface area contributed by atoms with Crippen LogP contribution in [0.5, 0.6) is 0 Å². The van der Waals surface area contributed by atoms with Crippen LogP contribution in [0.15, 0.2) is 22.7 Å². The zero-order valence-electron chi connectivity index (χ0n) is 13.7. The molecule has 2 N–H and O–H groups in total. The fraction of sp³-hybridized carbons (Fsp3) is 0.667. The highest BCUT2D eigenvalue weighted by molar-refractivity contribution is 9.10. The van der Waals surface area contributed by atoms with Crippen molar-refractivity contribution < 1.29 is 0 Å². The van der Waals surface area contributed by atoms with Crippen LogP contribution in [0.1, 0.15) is 52.0 Å². The maximum Gasteiger partial charge on any atom is 0.0400 e. The third kappa shape index (κ3) is 3.81. The van der Waals surface area contributed by atoms with Crippen molar-refractivity contribution in [3.63, 3.8) is 0 Å². The Bertz CT molecular complexity index is 468. The molecule has 1 heterocycles. The summed E-state index contributed by atoms with van der Waals surface area (Å²) in [7, 11) is 0. The standard InChI is InChI=1S/C18H29BrN2/c1-4-16(20)12-14-11-15(19)7-8-17(14)21-10-9-18(5-2,6-3)13-21/h7-8,11,16H,4-6,9-10,12-13,20H2,1-3H3. The molecule has 0 spiro atoms. The lowest BCUT2D eigenvalue weighted by Gasteiger charge is -2.28. The molecule has 0 aliphatic carbocycles. The van der Waals surface area contributed by atoms with E-state index in [9.17, 15) is 0 Å². The SMILES string of the molecule is CCC(N)Cc1cc(Br)ccc1N1CCC(CC)(CC)C1. The van der Waals surface area contributed by atoms with Gasteiger partial charge in [0, 0.05) is 29.3 Å². The van der Waals surface area contributed by atoms with E-state index in [1.54, 1.807) is 0 Å². The van der Waals surface area contributed by atoms with Gasteiger partial charge in [0.15, 0.2) is 0 Å². The number of hydrogen-bond donors (Lipinski definition) is 1. The monoisotopic (exact) mass is 352 g/mol. The van der Waals surface area contributed by atoms with Crippen LogP contribution in [0.3, 0.4) is 0 Å². The third-order valence-corrected chi connectivity index (χ3v) is 5.82. The van der Waals surface area contributed by atoms with E-state index < -0.39 is 0 Å². The summed E-state index contributed by atoms with van der Waals surface area (Å²) < 4.78 is 1.15. The van der Waals surface area contributed by atoms with Crippen molar-refractivity contribution >= 4 is 21.6 Å². The number of anilines is 1. The first kappa shape index (κ1) is 16.8. The fourth-order valence-electron chi connectivity index (χ4n) is 3.42. The first-order valence-corrected chi connectivity index (χ1v) is 9.11. The van der Waals surface area contributed by atoms with Crippen LogP contribution in [0, 0.1) is 5.41 Å². The second kappa shape index (κ2) is 7.15. The number of nitrogens with two attached hydrogens (primary N) is 1. The molecule has 2 rings (SSSR count). The average molecular weight is 353 g/mol. The van der Waals surface area contributed by atoms with Gasteiger partial charge in [-0.1, -0.05) is 36.7 Å². The molecule has 1 aromatic carbocycles. The summed E-state index contributed by atoms with van der Waals surface area (Å²) in [5, 5.41) is 0. The zero-order chi connectivity index (χ0) is 15.5. The third-order valence-electron chi connectivity index (χ3n) is 5.33.